The average molecular weight is 305 g/mol. The Kier molecular flexibility index (Phi) is 5.53. The van der Waals surface area contributed by atoms with E-state index in [2.05, 4.69) is 27.7 Å². The number of nitrogens with two attached hydrogens (primary N) is 1. The van der Waals surface area contributed by atoms with Crippen LogP contribution in [0.2, 0.25) is 0 Å². The van der Waals surface area contributed by atoms with Gasteiger partial charge in [0.15, 0.2) is 0 Å². The molecular formula is C17H28BNO3. The minimum atomic E-state index is -0.342. The Labute approximate surface area is 134 Å². The molecule has 0 spiro atoms. The van der Waals surface area contributed by atoms with Gasteiger partial charge < -0.3 is 19.8 Å². The van der Waals surface area contributed by atoms with E-state index in [9.17, 15) is 0 Å². The summed E-state index contributed by atoms with van der Waals surface area (Å²) in [6.07, 6.45) is 3.18. The summed E-state index contributed by atoms with van der Waals surface area (Å²) < 4.78 is 17.9. The molecule has 2 N–H and O–H groups in total. The lowest BCUT2D eigenvalue weighted by Crippen LogP contribution is -2.41. The molecule has 2 rings (SSSR count). The smallest absolute Gasteiger partial charge is 0.494 e. The van der Waals surface area contributed by atoms with Gasteiger partial charge in [-0.3, -0.25) is 0 Å². The second-order valence-corrected chi connectivity index (χ2v) is 6.86. The fraction of sp³-hybridized carbons (Fsp3) is 0.647. The van der Waals surface area contributed by atoms with E-state index in [0.29, 0.717) is 6.61 Å². The van der Waals surface area contributed by atoms with E-state index in [1.54, 1.807) is 0 Å². The first-order chi connectivity index (χ1) is 10.4. The molecule has 1 fully saturated rings. The molecule has 0 unspecified atom stereocenters. The molecule has 0 amide bonds. The van der Waals surface area contributed by atoms with Crippen LogP contribution in [-0.2, 0) is 9.31 Å². The highest BCUT2D eigenvalue weighted by molar-refractivity contribution is 6.62. The quantitative estimate of drug-likeness (QED) is 0.621. The van der Waals surface area contributed by atoms with Crippen molar-refractivity contribution in [3.05, 3.63) is 24.3 Å². The summed E-state index contributed by atoms with van der Waals surface area (Å²) in [6.45, 7) is 9.70. The van der Waals surface area contributed by atoms with Crippen molar-refractivity contribution in [1.82, 2.24) is 0 Å². The normalized spacial score (nSPS) is 19.4. The molecule has 1 aromatic rings. The summed E-state index contributed by atoms with van der Waals surface area (Å²) in [4.78, 5) is 0. The number of benzene rings is 1. The number of hydrogen-bond acceptors (Lipinski definition) is 4. The van der Waals surface area contributed by atoms with Crippen molar-refractivity contribution in [3.63, 3.8) is 0 Å². The summed E-state index contributed by atoms with van der Waals surface area (Å²) in [6, 6.07) is 7.97. The highest BCUT2D eigenvalue weighted by Crippen LogP contribution is 2.36. The first-order valence-corrected chi connectivity index (χ1v) is 8.14. The number of rotatable bonds is 7. The molecule has 0 atom stereocenters. The first kappa shape index (κ1) is 17.3. The van der Waals surface area contributed by atoms with Crippen LogP contribution in [0.5, 0.6) is 5.75 Å². The Hall–Kier alpha value is -1.04. The maximum Gasteiger partial charge on any atom is 0.494 e. The lowest BCUT2D eigenvalue weighted by atomic mass is 9.79. The standard InChI is InChI=1S/C17H28BNO3/c1-16(2)17(3,4)22-18(21-16)14-9-8-10-15(13-14)20-12-7-5-6-11-19/h8-10,13H,5-7,11-12,19H2,1-4H3. The van der Waals surface area contributed by atoms with Crippen LogP contribution >= 0.6 is 0 Å². The van der Waals surface area contributed by atoms with Gasteiger partial charge in [-0.1, -0.05) is 12.1 Å². The van der Waals surface area contributed by atoms with E-state index >= 15 is 0 Å². The van der Waals surface area contributed by atoms with Crippen LogP contribution < -0.4 is 15.9 Å². The lowest BCUT2D eigenvalue weighted by Gasteiger charge is -2.32. The third kappa shape index (κ3) is 4.03. The van der Waals surface area contributed by atoms with Gasteiger partial charge in [-0.05, 0) is 71.1 Å². The van der Waals surface area contributed by atoms with Crippen molar-refractivity contribution in [1.29, 1.82) is 0 Å². The van der Waals surface area contributed by atoms with E-state index < -0.39 is 0 Å². The molecule has 122 valence electrons. The molecule has 0 radical (unpaired) electrons. The Morgan fingerprint density at radius 2 is 1.73 bits per heavy atom. The van der Waals surface area contributed by atoms with Crippen LogP contribution in [0.1, 0.15) is 47.0 Å². The fourth-order valence-corrected chi connectivity index (χ4v) is 2.34. The summed E-state index contributed by atoms with van der Waals surface area (Å²) in [5.74, 6) is 0.861. The molecule has 1 heterocycles. The van der Waals surface area contributed by atoms with Gasteiger partial charge in [0, 0.05) is 0 Å². The van der Waals surface area contributed by atoms with Gasteiger partial charge in [0.05, 0.1) is 17.8 Å². The predicted molar refractivity (Wildman–Crippen MR) is 90.6 cm³/mol. The highest BCUT2D eigenvalue weighted by Gasteiger charge is 2.51. The van der Waals surface area contributed by atoms with E-state index in [-0.39, 0.29) is 18.3 Å². The fourth-order valence-electron chi connectivity index (χ4n) is 2.34. The van der Waals surface area contributed by atoms with Crippen molar-refractivity contribution < 1.29 is 14.0 Å². The Morgan fingerprint density at radius 3 is 2.36 bits per heavy atom. The largest absolute Gasteiger partial charge is 0.494 e. The molecule has 1 saturated heterocycles. The molecule has 1 aliphatic heterocycles. The maximum atomic E-state index is 6.07. The van der Waals surface area contributed by atoms with Crippen molar-refractivity contribution >= 4 is 12.6 Å². The van der Waals surface area contributed by atoms with Crippen LogP contribution in [0.4, 0.5) is 0 Å². The average Bonchev–Trinajstić information content (AvgIpc) is 2.68. The van der Waals surface area contributed by atoms with Gasteiger partial charge in [-0.15, -0.1) is 0 Å². The highest BCUT2D eigenvalue weighted by atomic mass is 16.7. The van der Waals surface area contributed by atoms with E-state index in [0.717, 1.165) is 37.0 Å². The number of ether oxygens (including phenoxy) is 1. The van der Waals surface area contributed by atoms with Crippen LogP contribution in [0.3, 0.4) is 0 Å². The third-order valence-electron chi connectivity index (χ3n) is 4.50. The number of unbranched alkanes of at least 4 members (excludes halogenated alkanes) is 2. The molecule has 0 aliphatic carbocycles. The van der Waals surface area contributed by atoms with Gasteiger partial charge in [0.1, 0.15) is 5.75 Å². The molecule has 22 heavy (non-hydrogen) atoms. The van der Waals surface area contributed by atoms with Gasteiger partial charge in [-0.25, -0.2) is 0 Å². The van der Waals surface area contributed by atoms with Crippen molar-refractivity contribution in [3.8, 4) is 5.75 Å². The Bertz CT molecular complexity index is 475. The van der Waals surface area contributed by atoms with Gasteiger partial charge in [-0.2, -0.15) is 0 Å². The predicted octanol–water partition coefficient (Wildman–Crippen LogP) is 2.49. The van der Waals surface area contributed by atoms with Crippen molar-refractivity contribution in [2.24, 2.45) is 5.73 Å². The first-order valence-electron chi connectivity index (χ1n) is 8.14. The molecular weight excluding hydrogens is 277 g/mol. The molecule has 0 aromatic heterocycles. The maximum absolute atomic E-state index is 6.07. The second kappa shape index (κ2) is 7.03. The minimum Gasteiger partial charge on any atom is -0.494 e. The topological polar surface area (TPSA) is 53.7 Å². The second-order valence-electron chi connectivity index (χ2n) is 6.86. The van der Waals surface area contributed by atoms with Crippen molar-refractivity contribution in [2.75, 3.05) is 13.2 Å². The summed E-state index contributed by atoms with van der Waals surface area (Å²) in [5, 5.41) is 0. The van der Waals surface area contributed by atoms with Gasteiger partial charge >= 0.3 is 7.12 Å². The zero-order chi connectivity index (χ0) is 16.2. The molecule has 1 aliphatic rings. The van der Waals surface area contributed by atoms with Crippen LogP contribution in [-0.4, -0.2) is 31.5 Å². The van der Waals surface area contributed by atoms with E-state index in [1.807, 2.05) is 24.3 Å². The van der Waals surface area contributed by atoms with Gasteiger partial charge in [0.25, 0.3) is 0 Å². The summed E-state index contributed by atoms with van der Waals surface area (Å²) in [7, 11) is -0.342. The van der Waals surface area contributed by atoms with E-state index in [1.165, 1.54) is 0 Å². The molecule has 1 aromatic carbocycles. The zero-order valence-corrected chi connectivity index (χ0v) is 14.2. The summed E-state index contributed by atoms with van der Waals surface area (Å²) in [5.41, 5.74) is 5.84. The monoisotopic (exact) mass is 305 g/mol. The summed E-state index contributed by atoms with van der Waals surface area (Å²) >= 11 is 0. The number of hydrogen-bond donors (Lipinski definition) is 1. The molecule has 5 heteroatoms. The van der Waals surface area contributed by atoms with Crippen LogP contribution in [0.15, 0.2) is 24.3 Å². The lowest BCUT2D eigenvalue weighted by molar-refractivity contribution is 0.00578. The third-order valence-corrected chi connectivity index (χ3v) is 4.50. The SMILES string of the molecule is CC1(C)OB(c2cccc(OCCCCCN)c2)OC1(C)C. The van der Waals surface area contributed by atoms with Crippen LogP contribution in [0.25, 0.3) is 0 Å². The minimum absolute atomic E-state index is 0.323. The van der Waals surface area contributed by atoms with E-state index in [4.69, 9.17) is 19.8 Å². The van der Waals surface area contributed by atoms with Crippen LogP contribution in [0, 0.1) is 0 Å². The Morgan fingerprint density at radius 1 is 1.05 bits per heavy atom. The molecule has 0 bridgehead atoms. The molecule has 0 saturated carbocycles. The molecule has 4 nitrogen and oxygen atoms in total. The van der Waals surface area contributed by atoms with Crippen molar-refractivity contribution in [2.45, 2.75) is 58.2 Å². The zero-order valence-electron chi connectivity index (χ0n) is 14.2. The Balaban J connectivity index is 1.95. The van der Waals surface area contributed by atoms with Gasteiger partial charge in [0.2, 0.25) is 0 Å².